The molecule has 0 heterocycles. The summed E-state index contributed by atoms with van der Waals surface area (Å²) in [6, 6.07) is 6.07. The number of aliphatic hydroxyl groups is 1. The van der Waals surface area contributed by atoms with E-state index in [9.17, 15) is 5.11 Å². The molecule has 3 nitrogen and oxygen atoms in total. The van der Waals surface area contributed by atoms with Crippen LogP contribution in [0, 0.1) is 6.92 Å². The van der Waals surface area contributed by atoms with Crippen molar-refractivity contribution in [3.8, 4) is 0 Å². The van der Waals surface area contributed by atoms with Crippen molar-refractivity contribution in [1.82, 2.24) is 0 Å². The zero-order valence-electron chi connectivity index (χ0n) is 10.5. The number of nitrogens with one attached hydrogen (secondary N) is 1. The monoisotopic (exact) mass is 301 g/mol. The standard InChI is InChI=1S/C13H20BrNO2/c1-9(2)17-8-11(16)7-15-13-6-10(3)4-5-12(13)14/h4-6,9,11,15-16H,7-8H2,1-3H3. The Morgan fingerprint density at radius 3 is 2.76 bits per heavy atom. The predicted octanol–water partition coefficient (Wildman–Crippen LogP) is 2.96. The lowest BCUT2D eigenvalue weighted by molar-refractivity contribution is 0.0112. The van der Waals surface area contributed by atoms with E-state index >= 15 is 0 Å². The molecule has 0 fully saturated rings. The second-order valence-electron chi connectivity index (χ2n) is 4.40. The van der Waals surface area contributed by atoms with Crippen LogP contribution in [0.2, 0.25) is 0 Å². The van der Waals surface area contributed by atoms with Crippen LogP contribution in [0.1, 0.15) is 19.4 Å². The molecule has 0 saturated carbocycles. The largest absolute Gasteiger partial charge is 0.389 e. The fourth-order valence-corrected chi connectivity index (χ4v) is 1.75. The van der Waals surface area contributed by atoms with Crippen molar-refractivity contribution in [2.45, 2.75) is 33.0 Å². The van der Waals surface area contributed by atoms with Gasteiger partial charge in [-0.1, -0.05) is 6.07 Å². The third-order valence-corrected chi connectivity index (χ3v) is 2.96. The molecule has 0 aromatic heterocycles. The minimum atomic E-state index is -0.496. The molecule has 0 radical (unpaired) electrons. The van der Waals surface area contributed by atoms with E-state index in [1.54, 1.807) is 0 Å². The lowest BCUT2D eigenvalue weighted by atomic mass is 10.2. The van der Waals surface area contributed by atoms with Gasteiger partial charge < -0.3 is 15.2 Å². The topological polar surface area (TPSA) is 41.5 Å². The molecule has 1 unspecified atom stereocenters. The number of rotatable bonds is 6. The molecule has 0 saturated heterocycles. The van der Waals surface area contributed by atoms with Gasteiger partial charge in [-0.3, -0.25) is 0 Å². The minimum Gasteiger partial charge on any atom is -0.389 e. The molecule has 0 bridgehead atoms. The third-order valence-electron chi connectivity index (χ3n) is 2.27. The SMILES string of the molecule is Cc1ccc(Br)c(NCC(O)COC(C)C)c1. The molecule has 96 valence electrons. The number of halogens is 1. The zero-order chi connectivity index (χ0) is 12.8. The first-order valence-corrected chi connectivity index (χ1v) is 6.58. The highest BCUT2D eigenvalue weighted by Gasteiger charge is 2.07. The average molecular weight is 302 g/mol. The van der Waals surface area contributed by atoms with Gasteiger partial charge in [-0.25, -0.2) is 0 Å². The van der Waals surface area contributed by atoms with E-state index in [1.807, 2.05) is 39.0 Å². The van der Waals surface area contributed by atoms with E-state index in [-0.39, 0.29) is 6.10 Å². The van der Waals surface area contributed by atoms with E-state index in [4.69, 9.17) is 4.74 Å². The Labute approximate surface area is 111 Å². The highest BCUT2D eigenvalue weighted by Crippen LogP contribution is 2.23. The second kappa shape index (κ2) is 6.99. The number of aryl methyl sites for hydroxylation is 1. The van der Waals surface area contributed by atoms with Crippen LogP contribution in [0.4, 0.5) is 5.69 Å². The first-order chi connectivity index (χ1) is 7.99. The predicted molar refractivity (Wildman–Crippen MR) is 74.5 cm³/mol. The van der Waals surface area contributed by atoms with Gasteiger partial charge in [-0.2, -0.15) is 0 Å². The van der Waals surface area contributed by atoms with E-state index in [0.717, 1.165) is 10.2 Å². The highest BCUT2D eigenvalue weighted by atomic mass is 79.9. The van der Waals surface area contributed by atoms with Crippen molar-refractivity contribution >= 4 is 21.6 Å². The number of anilines is 1. The van der Waals surface area contributed by atoms with E-state index in [2.05, 4.69) is 21.2 Å². The summed E-state index contributed by atoms with van der Waals surface area (Å²) in [4.78, 5) is 0. The van der Waals surface area contributed by atoms with Crippen LogP contribution in [0.3, 0.4) is 0 Å². The number of ether oxygens (including phenoxy) is 1. The minimum absolute atomic E-state index is 0.148. The summed E-state index contributed by atoms with van der Waals surface area (Å²) in [6.07, 6.45) is -0.347. The van der Waals surface area contributed by atoms with Gasteiger partial charge in [0.15, 0.2) is 0 Å². The summed E-state index contributed by atoms with van der Waals surface area (Å²) in [5, 5.41) is 12.9. The van der Waals surface area contributed by atoms with Gasteiger partial charge in [0, 0.05) is 16.7 Å². The Kier molecular flexibility index (Phi) is 5.95. The Balaban J connectivity index is 2.41. The van der Waals surface area contributed by atoms with Crippen molar-refractivity contribution in [2.75, 3.05) is 18.5 Å². The van der Waals surface area contributed by atoms with Crippen LogP contribution in [0.15, 0.2) is 22.7 Å². The summed E-state index contributed by atoms with van der Waals surface area (Å²) in [5.74, 6) is 0. The van der Waals surface area contributed by atoms with Crippen LogP contribution in [0.25, 0.3) is 0 Å². The lowest BCUT2D eigenvalue weighted by Crippen LogP contribution is -2.26. The van der Waals surface area contributed by atoms with Crippen molar-refractivity contribution < 1.29 is 9.84 Å². The van der Waals surface area contributed by atoms with Crippen LogP contribution in [0.5, 0.6) is 0 Å². The average Bonchev–Trinajstić information content (AvgIpc) is 2.27. The van der Waals surface area contributed by atoms with Gasteiger partial charge in [-0.15, -0.1) is 0 Å². The van der Waals surface area contributed by atoms with Gasteiger partial charge in [0.1, 0.15) is 0 Å². The summed E-state index contributed by atoms with van der Waals surface area (Å²) in [7, 11) is 0. The summed E-state index contributed by atoms with van der Waals surface area (Å²) < 4.78 is 6.34. The van der Waals surface area contributed by atoms with Gasteiger partial charge in [-0.05, 0) is 54.4 Å². The molecule has 1 atom stereocenters. The number of hydrogen-bond acceptors (Lipinski definition) is 3. The van der Waals surface area contributed by atoms with Crippen molar-refractivity contribution in [2.24, 2.45) is 0 Å². The van der Waals surface area contributed by atoms with Crippen molar-refractivity contribution in [3.05, 3.63) is 28.2 Å². The maximum Gasteiger partial charge on any atom is 0.0945 e. The molecule has 1 aromatic carbocycles. The number of benzene rings is 1. The van der Waals surface area contributed by atoms with E-state index in [1.165, 1.54) is 5.56 Å². The highest BCUT2D eigenvalue weighted by molar-refractivity contribution is 9.10. The molecule has 0 aliphatic carbocycles. The zero-order valence-corrected chi connectivity index (χ0v) is 12.1. The molecule has 0 spiro atoms. The summed E-state index contributed by atoms with van der Waals surface area (Å²) in [6.45, 7) is 6.79. The summed E-state index contributed by atoms with van der Waals surface area (Å²) in [5.41, 5.74) is 2.18. The van der Waals surface area contributed by atoms with Gasteiger partial charge >= 0.3 is 0 Å². The van der Waals surface area contributed by atoms with Crippen LogP contribution >= 0.6 is 15.9 Å². The number of aliphatic hydroxyl groups excluding tert-OH is 1. The Morgan fingerprint density at radius 1 is 1.41 bits per heavy atom. The quantitative estimate of drug-likeness (QED) is 0.849. The van der Waals surface area contributed by atoms with E-state index < -0.39 is 6.10 Å². The lowest BCUT2D eigenvalue weighted by Gasteiger charge is -2.16. The van der Waals surface area contributed by atoms with Gasteiger partial charge in [0.25, 0.3) is 0 Å². The molecule has 2 N–H and O–H groups in total. The second-order valence-corrected chi connectivity index (χ2v) is 5.25. The smallest absolute Gasteiger partial charge is 0.0945 e. The van der Waals surface area contributed by atoms with E-state index in [0.29, 0.717) is 13.2 Å². The Hall–Kier alpha value is -0.580. The molecule has 0 aliphatic rings. The first-order valence-electron chi connectivity index (χ1n) is 5.78. The maximum absolute atomic E-state index is 9.72. The molecule has 1 rings (SSSR count). The molecular weight excluding hydrogens is 282 g/mol. The van der Waals surface area contributed by atoms with Gasteiger partial charge in [0.05, 0.1) is 18.8 Å². The maximum atomic E-state index is 9.72. The normalized spacial score (nSPS) is 12.8. The van der Waals surface area contributed by atoms with Crippen molar-refractivity contribution in [3.63, 3.8) is 0 Å². The fourth-order valence-electron chi connectivity index (χ4n) is 1.36. The molecule has 0 amide bonds. The molecular formula is C13H20BrNO2. The Morgan fingerprint density at radius 2 is 2.12 bits per heavy atom. The first kappa shape index (κ1) is 14.5. The number of hydrogen-bond donors (Lipinski definition) is 2. The van der Waals surface area contributed by atoms with Crippen molar-refractivity contribution in [1.29, 1.82) is 0 Å². The molecule has 1 aromatic rings. The molecule has 0 aliphatic heterocycles. The molecule has 17 heavy (non-hydrogen) atoms. The van der Waals surface area contributed by atoms with Crippen LogP contribution < -0.4 is 5.32 Å². The summed E-state index contributed by atoms with van der Waals surface area (Å²) >= 11 is 3.47. The van der Waals surface area contributed by atoms with Crippen LogP contribution in [-0.2, 0) is 4.74 Å². The van der Waals surface area contributed by atoms with Gasteiger partial charge in [0.2, 0.25) is 0 Å². The Bertz CT molecular complexity index is 355. The van der Waals surface area contributed by atoms with Crippen LogP contribution in [-0.4, -0.2) is 30.5 Å². The molecule has 4 heteroatoms. The third kappa shape index (κ3) is 5.52. The fraction of sp³-hybridized carbons (Fsp3) is 0.538.